The predicted octanol–water partition coefficient (Wildman–Crippen LogP) is 7.74. The average molecular weight is 634 g/mol. The Balaban J connectivity index is 1.45. The number of nitrogens with zero attached hydrogens (tertiary/aromatic N) is 3. The molecular formula is C39H43N3O5. The van der Waals surface area contributed by atoms with Crippen molar-refractivity contribution in [3.63, 3.8) is 0 Å². The Morgan fingerprint density at radius 2 is 1.77 bits per heavy atom. The average Bonchev–Trinajstić information content (AvgIpc) is 3.30. The second-order valence-electron chi connectivity index (χ2n) is 13.8. The minimum Gasteiger partial charge on any atom is -0.497 e. The molecule has 0 N–H and O–H groups in total. The lowest BCUT2D eigenvalue weighted by Crippen LogP contribution is -2.41. The Labute approximate surface area is 276 Å². The van der Waals surface area contributed by atoms with Gasteiger partial charge in [0.25, 0.3) is 5.91 Å². The zero-order chi connectivity index (χ0) is 32.7. The van der Waals surface area contributed by atoms with Crippen LogP contribution >= 0.6 is 0 Å². The fraction of sp³-hybridized carbons (Fsp3) is 0.410. The van der Waals surface area contributed by atoms with E-state index in [4.69, 9.17) is 19.2 Å². The smallest absolute Gasteiger partial charge is 0.338 e. The van der Waals surface area contributed by atoms with Gasteiger partial charge in [-0.25, -0.2) is 4.79 Å². The monoisotopic (exact) mass is 633 g/mol. The van der Waals surface area contributed by atoms with E-state index in [1.807, 2.05) is 56.0 Å². The molecule has 8 nitrogen and oxygen atoms in total. The Bertz CT molecular complexity index is 1870. The molecule has 0 unspecified atom stereocenters. The first-order valence-corrected chi connectivity index (χ1v) is 16.8. The van der Waals surface area contributed by atoms with Gasteiger partial charge in [-0.15, -0.1) is 0 Å². The van der Waals surface area contributed by atoms with Crippen molar-refractivity contribution in [1.82, 2.24) is 14.5 Å². The van der Waals surface area contributed by atoms with Gasteiger partial charge in [0.1, 0.15) is 11.4 Å². The first-order valence-electron chi connectivity index (χ1n) is 16.8. The van der Waals surface area contributed by atoms with Crippen LogP contribution in [0.25, 0.3) is 33.8 Å². The molecule has 4 heterocycles. The number of hydrogen-bond acceptors (Lipinski definition) is 6. The highest BCUT2D eigenvalue weighted by Gasteiger charge is 2.32. The number of pyridine rings is 1. The SMILES string of the molecule is COc1ccc2c(c1)C=C(c1ncccc1C(=O)N1CCOCC1)Cn1c-2c(C2CCCCC2)c2ccc(C(=O)OC(C)(C)C)cc21. The van der Waals surface area contributed by atoms with E-state index in [0.29, 0.717) is 55.6 Å². The fourth-order valence-electron chi connectivity index (χ4n) is 7.42. The largest absolute Gasteiger partial charge is 0.497 e. The number of rotatable bonds is 5. The number of ether oxygens (including phenoxy) is 3. The third-order valence-electron chi connectivity index (χ3n) is 9.56. The summed E-state index contributed by atoms with van der Waals surface area (Å²) in [4.78, 5) is 34.0. The van der Waals surface area contributed by atoms with E-state index in [0.717, 1.165) is 51.9 Å². The van der Waals surface area contributed by atoms with Crippen LogP contribution in [0.1, 0.15) is 96.3 Å². The molecule has 2 aliphatic heterocycles. The van der Waals surface area contributed by atoms with Crippen molar-refractivity contribution in [1.29, 1.82) is 0 Å². The number of carbonyl (C=O) groups is 2. The number of fused-ring (bicyclic) bond motifs is 5. The summed E-state index contributed by atoms with van der Waals surface area (Å²) in [6, 6.07) is 16.0. The number of carbonyl (C=O) groups excluding carboxylic acids is 2. The van der Waals surface area contributed by atoms with Gasteiger partial charge >= 0.3 is 5.97 Å². The maximum Gasteiger partial charge on any atom is 0.338 e. The van der Waals surface area contributed by atoms with Crippen molar-refractivity contribution < 1.29 is 23.8 Å². The van der Waals surface area contributed by atoms with Crippen molar-refractivity contribution in [2.75, 3.05) is 33.4 Å². The first-order chi connectivity index (χ1) is 22.7. The number of esters is 1. The molecule has 47 heavy (non-hydrogen) atoms. The molecule has 2 aromatic carbocycles. The number of morpholine rings is 1. The highest BCUT2D eigenvalue weighted by atomic mass is 16.6. The first kappa shape index (κ1) is 31.2. The molecule has 244 valence electrons. The molecule has 4 aromatic rings. The quantitative estimate of drug-likeness (QED) is 0.209. The number of allylic oxidation sites excluding steroid dienone is 1. The van der Waals surface area contributed by atoms with E-state index in [2.05, 4.69) is 28.8 Å². The van der Waals surface area contributed by atoms with Crippen molar-refractivity contribution >= 4 is 34.4 Å². The molecular weight excluding hydrogens is 590 g/mol. The molecule has 2 aromatic heterocycles. The van der Waals surface area contributed by atoms with Gasteiger partial charge in [0.15, 0.2) is 0 Å². The Morgan fingerprint density at radius 1 is 0.979 bits per heavy atom. The molecule has 1 aliphatic carbocycles. The summed E-state index contributed by atoms with van der Waals surface area (Å²) in [5, 5.41) is 1.16. The van der Waals surface area contributed by atoms with Crippen LogP contribution in [-0.2, 0) is 16.0 Å². The van der Waals surface area contributed by atoms with Gasteiger partial charge in [0.05, 0.1) is 49.4 Å². The van der Waals surface area contributed by atoms with Gasteiger partial charge in [-0.2, -0.15) is 0 Å². The summed E-state index contributed by atoms with van der Waals surface area (Å²) in [6.45, 7) is 8.30. The molecule has 7 rings (SSSR count). The van der Waals surface area contributed by atoms with Crippen LogP contribution in [0.3, 0.4) is 0 Å². The maximum atomic E-state index is 13.9. The van der Waals surface area contributed by atoms with Crippen molar-refractivity contribution in [3.8, 4) is 17.0 Å². The van der Waals surface area contributed by atoms with Crippen LogP contribution in [0.2, 0.25) is 0 Å². The molecule has 0 spiro atoms. The second kappa shape index (κ2) is 12.6. The minimum atomic E-state index is -0.605. The topological polar surface area (TPSA) is 82.9 Å². The summed E-state index contributed by atoms with van der Waals surface area (Å²) < 4.78 is 19.4. The Hall–Kier alpha value is -4.43. The lowest BCUT2D eigenvalue weighted by Gasteiger charge is -2.27. The molecule has 0 radical (unpaired) electrons. The van der Waals surface area contributed by atoms with Crippen LogP contribution in [0.15, 0.2) is 54.7 Å². The number of amides is 1. The minimum absolute atomic E-state index is 0.0416. The number of hydrogen-bond donors (Lipinski definition) is 0. The molecule has 0 atom stereocenters. The van der Waals surface area contributed by atoms with Gasteiger partial charge in [-0.3, -0.25) is 9.78 Å². The van der Waals surface area contributed by atoms with Crippen LogP contribution in [-0.4, -0.2) is 65.3 Å². The molecule has 8 heteroatoms. The summed E-state index contributed by atoms with van der Waals surface area (Å²) in [5.74, 6) is 0.785. The van der Waals surface area contributed by atoms with E-state index >= 15 is 0 Å². The second-order valence-corrected chi connectivity index (χ2v) is 13.8. The van der Waals surface area contributed by atoms with Crippen LogP contribution in [0, 0.1) is 0 Å². The fourth-order valence-corrected chi connectivity index (χ4v) is 7.42. The van der Waals surface area contributed by atoms with E-state index in [1.54, 1.807) is 13.3 Å². The van der Waals surface area contributed by atoms with Gasteiger partial charge in [-0.1, -0.05) is 25.3 Å². The van der Waals surface area contributed by atoms with Crippen LogP contribution in [0.5, 0.6) is 5.75 Å². The van der Waals surface area contributed by atoms with E-state index in [-0.39, 0.29) is 11.9 Å². The standard InChI is InChI=1S/C39H43N3O5/c1-39(2,3)47-38(44)26-12-14-31-33(23-26)42-24-28(35-32(11-8-16-40-35)37(43)41-17-19-46-20-18-41)21-27-22-29(45-4)13-15-30(27)36(42)34(31)25-9-6-5-7-10-25/h8,11-16,21-23,25H,5-7,9-10,17-20,24H2,1-4H3. The molecule has 2 fully saturated rings. The normalized spacial score (nSPS) is 17.0. The maximum absolute atomic E-state index is 13.9. The molecule has 1 saturated heterocycles. The lowest BCUT2D eigenvalue weighted by atomic mass is 9.81. The zero-order valence-corrected chi connectivity index (χ0v) is 27.8. The van der Waals surface area contributed by atoms with E-state index in [9.17, 15) is 9.59 Å². The molecule has 3 aliphatic rings. The van der Waals surface area contributed by atoms with Gasteiger partial charge in [-0.05, 0) is 105 Å². The van der Waals surface area contributed by atoms with Crippen molar-refractivity contribution in [2.24, 2.45) is 0 Å². The molecule has 0 bridgehead atoms. The van der Waals surface area contributed by atoms with Crippen molar-refractivity contribution in [3.05, 3.63) is 82.7 Å². The highest BCUT2D eigenvalue weighted by molar-refractivity contribution is 6.04. The summed E-state index contributed by atoms with van der Waals surface area (Å²) in [5.41, 5.74) is 7.67. The van der Waals surface area contributed by atoms with Gasteiger partial charge in [0, 0.05) is 35.8 Å². The Morgan fingerprint density at radius 3 is 2.51 bits per heavy atom. The number of methoxy groups -OCH3 is 1. The summed E-state index contributed by atoms with van der Waals surface area (Å²) >= 11 is 0. The Kier molecular flexibility index (Phi) is 8.39. The third kappa shape index (κ3) is 6.07. The van der Waals surface area contributed by atoms with Gasteiger partial charge < -0.3 is 23.7 Å². The summed E-state index contributed by atoms with van der Waals surface area (Å²) in [6.07, 6.45) is 9.84. The number of benzene rings is 2. The zero-order valence-electron chi connectivity index (χ0n) is 27.8. The van der Waals surface area contributed by atoms with E-state index < -0.39 is 5.60 Å². The predicted molar refractivity (Wildman–Crippen MR) is 184 cm³/mol. The highest BCUT2D eigenvalue weighted by Crippen LogP contribution is 2.48. The van der Waals surface area contributed by atoms with E-state index in [1.165, 1.54) is 24.8 Å². The number of aromatic nitrogens is 2. The van der Waals surface area contributed by atoms with Crippen molar-refractivity contribution in [2.45, 2.75) is 70.9 Å². The lowest BCUT2D eigenvalue weighted by molar-refractivity contribution is 0.00695. The molecule has 1 amide bonds. The van der Waals surface area contributed by atoms with Gasteiger partial charge in [0.2, 0.25) is 0 Å². The van der Waals surface area contributed by atoms with Crippen LogP contribution in [0.4, 0.5) is 0 Å². The summed E-state index contributed by atoms with van der Waals surface area (Å²) in [7, 11) is 1.68. The van der Waals surface area contributed by atoms with Crippen LogP contribution < -0.4 is 4.74 Å². The molecule has 1 saturated carbocycles. The third-order valence-corrected chi connectivity index (χ3v) is 9.56.